The fourth-order valence-corrected chi connectivity index (χ4v) is 2.48. The van der Waals surface area contributed by atoms with Crippen LogP contribution in [0.25, 0.3) is 0 Å². The average Bonchev–Trinajstić information content (AvgIpc) is 2.57. The van der Waals surface area contributed by atoms with Crippen LogP contribution in [0.5, 0.6) is 0 Å². The highest BCUT2D eigenvalue weighted by atomic mass is 19.1. The molecule has 0 aliphatic carbocycles. The smallest absolute Gasteiger partial charge is 0.307 e. The van der Waals surface area contributed by atoms with E-state index in [1.165, 1.54) is 25.0 Å². The SMILES string of the molecule is O=C(O)Cc1cc(F)ccc1N1CCCCCC1. The third-order valence-electron chi connectivity index (χ3n) is 3.33. The summed E-state index contributed by atoms with van der Waals surface area (Å²) in [5.41, 5.74) is 1.45. The Hall–Kier alpha value is -1.58. The fraction of sp³-hybridized carbons (Fsp3) is 0.500. The lowest BCUT2D eigenvalue weighted by atomic mass is 10.1. The molecule has 0 amide bonds. The molecule has 1 saturated heterocycles. The van der Waals surface area contributed by atoms with E-state index in [1.807, 2.05) is 0 Å². The van der Waals surface area contributed by atoms with Crippen LogP contribution in [-0.2, 0) is 11.2 Å². The normalized spacial score (nSPS) is 16.4. The maximum Gasteiger partial charge on any atom is 0.307 e. The lowest BCUT2D eigenvalue weighted by molar-refractivity contribution is -0.136. The fourth-order valence-electron chi connectivity index (χ4n) is 2.48. The molecule has 0 atom stereocenters. The molecule has 0 spiro atoms. The minimum atomic E-state index is -0.920. The van der Waals surface area contributed by atoms with Crippen molar-refractivity contribution in [2.75, 3.05) is 18.0 Å². The zero-order valence-electron chi connectivity index (χ0n) is 10.4. The molecule has 1 N–H and O–H groups in total. The maximum absolute atomic E-state index is 13.2. The molecule has 0 radical (unpaired) electrons. The van der Waals surface area contributed by atoms with Crippen molar-refractivity contribution in [3.63, 3.8) is 0 Å². The van der Waals surface area contributed by atoms with Crippen LogP contribution in [0.1, 0.15) is 31.2 Å². The minimum Gasteiger partial charge on any atom is -0.481 e. The molecule has 0 saturated carbocycles. The van der Waals surface area contributed by atoms with Crippen LogP contribution in [0.3, 0.4) is 0 Å². The molecule has 18 heavy (non-hydrogen) atoms. The number of hydrogen-bond acceptors (Lipinski definition) is 2. The van der Waals surface area contributed by atoms with E-state index in [-0.39, 0.29) is 12.2 Å². The number of carboxylic acids is 1. The van der Waals surface area contributed by atoms with Crippen LogP contribution in [0.2, 0.25) is 0 Å². The summed E-state index contributed by atoms with van der Waals surface area (Å²) in [6.07, 6.45) is 4.54. The number of rotatable bonds is 3. The molecule has 98 valence electrons. The van der Waals surface area contributed by atoms with Gasteiger partial charge in [-0.05, 0) is 36.6 Å². The summed E-state index contributed by atoms with van der Waals surface area (Å²) in [6, 6.07) is 4.46. The van der Waals surface area contributed by atoms with E-state index >= 15 is 0 Å². The Kier molecular flexibility index (Phi) is 4.18. The second-order valence-corrected chi connectivity index (χ2v) is 4.74. The zero-order chi connectivity index (χ0) is 13.0. The molecule has 1 aliphatic rings. The van der Waals surface area contributed by atoms with Gasteiger partial charge in [0.1, 0.15) is 5.82 Å². The number of hydrogen-bond donors (Lipinski definition) is 1. The van der Waals surface area contributed by atoms with Crippen molar-refractivity contribution in [3.05, 3.63) is 29.6 Å². The van der Waals surface area contributed by atoms with Gasteiger partial charge in [-0.25, -0.2) is 4.39 Å². The van der Waals surface area contributed by atoms with Gasteiger partial charge in [0.05, 0.1) is 6.42 Å². The summed E-state index contributed by atoms with van der Waals surface area (Å²) in [5, 5.41) is 8.90. The Balaban J connectivity index is 2.26. The van der Waals surface area contributed by atoms with Crippen molar-refractivity contribution < 1.29 is 14.3 Å². The Labute approximate surface area is 106 Å². The molecule has 4 heteroatoms. The lowest BCUT2D eigenvalue weighted by Gasteiger charge is -2.25. The lowest BCUT2D eigenvalue weighted by Crippen LogP contribution is -2.25. The van der Waals surface area contributed by atoms with Crippen molar-refractivity contribution >= 4 is 11.7 Å². The largest absolute Gasteiger partial charge is 0.481 e. The maximum atomic E-state index is 13.2. The Morgan fingerprint density at radius 3 is 2.50 bits per heavy atom. The Morgan fingerprint density at radius 2 is 1.89 bits per heavy atom. The molecule has 0 aromatic heterocycles. The van der Waals surface area contributed by atoms with E-state index in [4.69, 9.17) is 5.11 Å². The molecule has 2 rings (SSSR count). The van der Waals surface area contributed by atoms with Crippen LogP contribution in [0, 0.1) is 5.82 Å². The van der Waals surface area contributed by atoms with E-state index in [0.717, 1.165) is 31.6 Å². The standard InChI is InChI=1S/C14H18FNO2/c15-12-5-6-13(11(9-12)10-14(17)18)16-7-3-1-2-4-8-16/h5-6,9H,1-4,7-8,10H2,(H,17,18). The van der Waals surface area contributed by atoms with Gasteiger partial charge in [-0.15, -0.1) is 0 Å². The number of anilines is 1. The van der Waals surface area contributed by atoms with Gasteiger partial charge in [0.15, 0.2) is 0 Å². The highest BCUT2D eigenvalue weighted by molar-refractivity contribution is 5.73. The number of carboxylic acid groups (broad SMARTS) is 1. The molecular formula is C14H18FNO2. The van der Waals surface area contributed by atoms with Gasteiger partial charge in [0.25, 0.3) is 0 Å². The van der Waals surface area contributed by atoms with Crippen LogP contribution in [0.15, 0.2) is 18.2 Å². The molecule has 1 aromatic rings. The van der Waals surface area contributed by atoms with Gasteiger partial charge in [0, 0.05) is 18.8 Å². The minimum absolute atomic E-state index is 0.121. The molecule has 1 heterocycles. The summed E-state index contributed by atoms with van der Waals surface area (Å²) in [5.74, 6) is -1.29. The average molecular weight is 251 g/mol. The van der Waals surface area contributed by atoms with Crippen LogP contribution in [0.4, 0.5) is 10.1 Å². The predicted molar refractivity (Wildman–Crippen MR) is 68.4 cm³/mol. The summed E-state index contributed by atoms with van der Waals surface area (Å²) >= 11 is 0. The molecule has 1 fully saturated rings. The molecule has 1 aromatic carbocycles. The Bertz CT molecular complexity index is 426. The number of benzene rings is 1. The van der Waals surface area contributed by atoms with Gasteiger partial charge >= 0.3 is 5.97 Å². The van der Waals surface area contributed by atoms with Crippen LogP contribution in [-0.4, -0.2) is 24.2 Å². The van der Waals surface area contributed by atoms with Gasteiger partial charge < -0.3 is 10.0 Å². The first-order chi connectivity index (χ1) is 8.66. The van der Waals surface area contributed by atoms with Crippen molar-refractivity contribution in [1.29, 1.82) is 0 Å². The first-order valence-corrected chi connectivity index (χ1v) is 6.42. The zero-order valence-corrected chi connectivity index (χ0v) is 10.4. The molecular weight excluding hydrogens is 233 g/mol. The van der Waals surface area contributed by atoms with Crippen LogP contribution < -0.4 is 4.90 Å². The van der Waals surface area contributed by atoms with E-state index < -0.39 is 5.97 Å². The highest BCUT2D eigenvalue weighted by Gasteiger charge is 2.15. The number of aliphatic carboxylic acids is 1. The second kappa shape index (κ2) is 5.85. The first kappa shape index (κ1) is 12.9. The summed E-state index contributed by atoms with van der Waals surface area (Å²) in [7, 11) is 0. The summed E-state index contributed by atoms with van der Waals surface area (Å²) < 4.78 is 13.2. The molecule has 3 nitrogen and oxygen atoms in total. The monoisotopic (exact) mass is 251 g/mol. The van der Waals surface area contributed by atoms with Crippen molar-refractivity contribution in [3.8, 4) is 0 Å². The second-order valence-electron chi connectivity index (χ2n) is 4.74. The van der Waals surface area contributed by atoms with E-state index in [0.29, 0.717) is 5.56 Å². The Morgan fingerprint density at radius 1 is 1.22 bits per heavy atom. The summed E-state index contributed by atoms with van der Waals surface area (Å²) in [6.45, 7) is 1.86. The van der Waals surface area contributed by atoms with Gasteiger partial charge in [0.2, 0.25) is 0 Å². The van der Waals surface area contributed by atoms with Gasteiger partial charge in [-0.3, -0.25) is 4.79 Å². The van der Waals surface area contributed by atoms with E-state index in [9.17, 15) is 9.18 Å². The summed E-state index contributed by atoms with van der Waals surface area (Å²) in [4.78, 5) is 13.0. The number of carbonyl (C=O) groups is 1. The van der Waals surface area contributed by atoms with Crippen molar-refractivity contribution in [1.82, 2.24) is 0 Å². The highest BCUT2D eigenvalue weighted by Crippen LogP contribution is 2.25. The van der Waals surface area contributed by atoms with Gasteiger partial charge in [-0.2, -0.15) is 0 Å². The van der Waals surface area contributed by atoms with E-state index in [2.05, 4.69) is 4.90 Å². The quantitative estimate of drug-likeness (QED) is 0.898. The number of halogens is 1. The van der Waals surface area contributed by atoms with Crippen LogP contribution >= 0.6 is 0 Å². The number of nitrogens with zero attached hydrogens (tertiary/aromatic N) is 1. The molecule has 0 bridgehead atoms. The van der Waals surface area contributed by atoms with Crippen molar-refractivity contribution in [2.45, 2.75) is 32.1 Å². The first-order valence-electron chi connectivity index (χ1n) is 6.42. The third kappa shape index (κ3) is 3.22. The van der Waals surface area contributed by atoms with Gasteiger partial charge in [-0.1, -0.05) is 12.8 Å². The predicted octanol–water partition coefficient (Wildman–Crippen LogP) is 2.83. The third-order valence-corrected chi connectivity index (χ3v) is 3.33. The molecule has 0 unspecified atom stereocenters. The van der Waals surface area contributed by atoms with Crippen molar-refractivity contribution in [2.24, 2.45) is 0 Å². The topological polar surface area (TPSA) is 40.5 Å². The molecule has 1 aliphatic heterocycles. The van der Waals surface area contributed by atoms with E-state index in [1.54, 1.807) is 6.07 Å².